The molecule has 0 bridgehead atoms. The van der Waals surface area contributed by atoms with Crippen LogP contribution in [0, 0.1) is 0 Å². The van der Waals surface area contributed by atoms with E-state index in [0.717, 1.165) is 0 Å². The summed E-state index contributed by atoms with van der Waals surface area (Å²) in [5.41, 5.74) is -0.108. The van der Waals surface area contributed by atoms with Gasteiger partial charge in [0.25, 0.3) is 5.56 Å². The summed E-state index contributed by atoms with van der Waals surface area (Å²) in [4.78, 5) is 36.0. The average molecular weight is 279 g/mol. The highest BCUT2D eigenvalue weighted by Crippen LogP contribution is 2.08. The Bertz CT molecular complexity index is 555. The van der Waals surface area contributed by atoms with E-state index in [9.17, 15) is 14.4 Å². The standard InChI is InChI=1S/C13H17N3O4/c17-11-3-1-2-5-16(11)8-7-15-6-4-14-13(20)10(15)9-12(18)19/h1-3,5,10H,4,6-9H2,(H,14,20)(H,18,19). The highest BCUT2D eigenvalue weighted by molar-refractivity contribution is 5.86. The number of aliphatic carboxylic acids is 1. The minimum Gasteiger partial charge on any atom is -0.481 e. The van der Waals surface area contributed by atoms with Gasteiger partial charge in [0.1, 0.15) is 0 Å². The summed E-state index contributed by atoms with van der Waals surface area (Å²) in [5.74, 6) is -1.27. The number of nitrogens with zero attached hydrogens (tertiary/aromatic N) is 2. The molecule has 0 spiro atoms. The van der Waals surface area contributed by atoms with Crippen molar-refractivity contribution in [2.75, 3.05) is 19.6 Å². The van der Waals surface area contributed by atoms with Crippen molar-refractivity contribution in [3.63, 3.8) is 0 Å². The second-order valence-electron chi connectivity index (χ2n) is 4.67. The van der Waals surface area contributed by atoms with Crippen LogP contribution in [0.3, 0.4) is 0 Å². The number of carbonyl (C=O) groups is 2. The fourth-order valence-electron chi connectivity index (χ4n) is 2.30. The van der Waals surface area contributed by atoms with Gasteiger partial charge in [0.2, 0.25) is 5.91 Å². The van der Waals surface area contributed by atoms with Crippen LogP contribution in [0.15, 0.2) is 29.2 Å². The molecule has 7 heteroatoms. The predicted octanol–water partition coefficient (Wildman–Crippen LogP) is -0.877. The van der Waals surface area contributed by atoms with E-state index in [2.05, 4.69) is 5.32 Å². The summed E-state index contributed by atoms with van der Waals surface area (Å²) in [6.07, 6.45) is 1.45. The maximum absolute atomic E-state index is 11.7. The molecule has 1 aromatic rings. The number of piperazine rings is 1. The van der Waals surface area contributed by atoms with Crippen LogP contribution in [0.2, 0.25) is 0 Å². The van der Waals surface area contributed by atoms with E-state index in [-0.39, 0.29) is 17.9 Å². The maximum atomic E-state index is 11.7. The molecule has 0 aliphatic carbocycles. The first kappa shape index (κ1) is 14.3. The minimum absolute atomic E-state index is 0.108. The van der Waals surface area contributed by atoms with Gasteiger partial charge in [-0.05, 0) is 6.07 Å². The first-order valence-corrected chi connectivity index (χ1v) is 6.47. The van der Waals surface area contributed by atoms with E-state index in [0.29, 0.717) is 26.2 Å². The van der Waals surface area contributed by atoms with Crippen molar-refractivity contribution in [1.29, 1.82) is 0 Å². The molecule has 0 saturated carbocycles. The van der Waals surface area contributed by atoms with Crippen molar-refractivity contribution in [1.82, 2.24) is 14.8 Å². The Morgan fingerprint density at radius 1 is 1.35 bits per heavy atom. The Morgan fingerprint density at radius 2 is 2.15 bits per heavy atom. The van der Waals surface area contributed by atoms with Gasteiger partial charge in [-0.1, -0.05) is 6.07 Å². The number of amides is 1. The molecule has 1 fully saturated rings. The molecule has 1 saturated heterocycles. The normalized spacial score (nSPS) is 19.6. The van der Waals surface area contributed by atoms with Crippen LogP contribution in [0.4, 0.5) is 0 Å². The largest absolute Gasteiger partial charge is 0.481 e. The molecular formula is C13H17N3O4. The SMILES string of the molecule is O=C(O)CC1C(=O)NCCN1CCn1ccccc1=O. The Morgan fingerprint density at radius 3 is 2.85 bits per heavy atom. The molecule has 0 radical (unpaired) electrons. The Labute approximate surface area is 115 Å². The fourth-order valence-corrected chi connectivity index (χ4v) is 2.30. The number of pyridine rings is 1. The van der Waals surface area contributed by atoms with Gasteiger partial charge < -0.3 is 15.0 Å². The van der Waals surface area contributed by atoms with Gasteiger partial charge in [-0.2, -0.15) is 0 Å². The van der Waals surface area contributed by atoms with Crippen molar-refractivity contribution in [2.45, 2.75) is 19.0 Å². The molecule has 2 heterocycles. The smallest absolute Gasteiger partial charge is 0.305 e. The second kappa shape index (κ2) is 6.33. The third-order valence-corrected chi connectivity index (χ3v) is 3.34. The molecule has 1 aliphatic heterocycles. The third-order valence-electron chi connectivity index (χ3n) is 3.34. The van der Waals surface area contributed by atoms with Gasteiger partial charge >= 0.3 is 5.97 Å². The van der Waals surface area contributed by atoms with Crippen LogP contribution in [0.5, 0.6) is 0 Å². The van der Waals surface area contributed by atoms with E-state index >= 15 is 0 Å². The number of carbonyl (C=O) groups excluding carboxylic acids is 1. The fraction of sp³-hybridized carbons (Fsp3) is 0.462. The second-order valence-corrected chi connectivity index (χ2v) is 4.67. The van der Waals surface area contributed by atoms with Crippen LogP contribution < -0.4 is 10.9 Å². The maximum Gasteiger partial charge on any atom is 0.305 e. The molecule has 1 aliphatic rings. The quantitative estimate of drug-likeness (QED) is 0.730. The molecule has 0 aromatic carbocycles. The summed E-state index contributed by atoms with van der Waals surface area (Å²) >= 11 is 0. The first-order valence-electron chi connectivity index (χ1n) is 6.47. The molecule has 2 N–H and O–H groups in total. The molecular weight excluding hydrogens is 262 g/mol. The van der Waals surface area contributed by atoms with Gasteiger partial charge in [0, 0.05) is 38.4 Å². The van der Waals surface area contributed by atoms with E-state index in [4.69, 9.17) is 5.11 Å². The molecule has 1 aromatic heterocycles. The van der Waals surface area contributed by atoms with Crippen LogP contribution in [0.1, 0.15) is 6.42 Å². The average Bonchev–Trinajstić information content (AvgIpc) is 2.41. The summed E-state index contributed by atoms with van der Waals surface area (Å²) in [7, 11) is 0. The molecule has 1 unspecified atom stereocenters. The molecule has 1 atom stereocenters. The number of rotatable bonds is 5. The van der Waals surface area contributed by atoms with Crippen molar-refractivity contribution < 1.29 is 14.7 Å². The Kier molecular flexibility index (Phi) is 4.52. The van der Waals surface area contributed by atoms with Gasteiger partial charge in [0.15, 0.2) is 0 Å². The molecule has 20 heavy (non-hydrogen) atoms. The lowest BCUT2D eigenvalue weighted by atomic mass is 10.1. The van der Waals surface area contributed by atoms with E-state index < -0.39 is 12.0 Å². The zero-order valence-electron chi connectivity index (χ0n) is 11.0. The van der Waals surface area contributed by atoms with Crippen LogP contribution in [0.25, 0.3) is 0 Å². The summed E-state index contributed by atoms with van der Waals surface area (Å²) in [6.45, 7) is 1.99. The lowest BCUT2D eigenvalue weighted by molar-refractivity contribution is -0.143. The lowest BCUT2D eigenvalue weighted by Crippen LogP contribution is -2.56. The van der Waals surface area contributed by atoms with Gasteiger partial charge in [-0.25, -0.2) is 0 Å². The summed E-state index contributed by atoms with van der Waals surface area (Å²) in [5, 5.41) is 11.5. The molecule has 7 nitrogen and oxygen atoms in total. The summed E-state index contributed by atoms with van der Waals surface area (Å²) in [6, 6.07) is 4.23. The van der Waals surface area contributed by atoms with Crippen LogP contribution in [-0.2, 0) is 16.1 Å². The minimum atomic E-state index is -1.01. The van der Waals surface area contributed by atoms with Crippen LogP contribution in [-0.4, -0.2) is 52.1 Å². The molecule has 108 valence electrons. The molecule has 2 rings (SSSR count). The van der Waals surface area contributed by atoms with Crippen molar-refractivity contribution in [2.24, 2.45) is 0 Å². The lowest BCUT2D eigenvalue weighted by Gasteiger charge is -2.34. The van der Waals surface area contributed by atoms with Gasteiger partial charge in [0.05, 0.1) is 12.5 Å². The Hall–Kier alpha value is -2.15. The number of nitrogens with one attached hydrogen (secondary N) is 1. The first-order chi connectivity index (χ1) is 9.58. The summed E-state index contributed by atoms with van der Waals surface area (Å²) < 4.78 is 1.55. The van der Waals surface area contributed by atoms with E-state index in [1.807, 2.05) is 4.90 Å². The highest BCUT2D eigenvalue weighted by Gasteiger charge is 2.31. The topological polar surface area (TPSA) is 91.6 Å². The number of carboxylic acids is 1. The van der Waals surface area contributed by atoms with E-state index in [1.54, 1.807) is 22.9 Å². The van der Waals surface area contributed by atoms with Crippen molar-refractivity contribution in [3.05, 3.63) is 34.7 Å². The predicted molar refractivity (Wildman–Crippen MR) is 71.3 cm³/mol. The Balaban J connectivity index is 2.02. The highest BCUT2D eigenvalue weighted by atomic mass is 16.4. The number of carboxylic acid groups (broad SMARTS) is 1. The molecule has 1 amide bonds. The number of hydrogen-bond acceptors (Lipinski definition) is 4. The van der Waals surface area contributed by atoms with E-state index in [1.165, 1.54) is 6.07 Å². The van der Waals surface area contributed by atoms with Gasteiger partial charge in [-0.3, -0.25) is 19.3 Å². The van der Waals surface area contributed by atoms with Gasteiger partial charge in [-0.15, -0.1) is 0 Å². The zero-order valence-corrected chi connectivity index (χ0v) is 11.0. The zero-order chi connectivity index (χ0) is 14.5. The number of aromatic nitrogens is 1. The number of hydrogen-bond donors (Lipinski definition) is 2. The van der Waals surface area contributed by atoms with Crippen molar-refractivity contribution >= 4 is 11.9 Å². The third kappa shape index (κ3) is 3.45. The van der Waals surface area contributed by atoms with Crippen LogP contribution >= 0.6 is 0 Å². The monoisotopic (exact) mass is 279 g/mol. The van der Waals surface area contributed by atoms with Crippen molar-refractivity contribution in [3.8, 4) is 0 Å².